The van der Waals surface area contributed by atoms with E-state index in [1.165, 1.54) is 21.3 Å². The maximum atomic E-state index is 13.4. The van der Waals surface area contributed by atoms with Crippen molar-refractivity contribution in [1.82, 2.24) is 0 Å². The van der Waals surface area contributed by atoms with Crippen molar-refractivity contribution in [2.45, 2.75) is 18.9 Å². The summed E-state index contributed by atoms with van der Waals surface area (Å²) in [7, 11) is 1.54. The van der Waals surface area contributed by atoms with Crippen molar-refractivity contribution in [3.63, 3.8) is 0 Å². The highest BCUT2D eigenvalue weighted by Crippen LogP contribution is 2.29. The van der Waals surface area contributed by atoms with E-state index in [4.69, 9.17) is 18.0 Å². The normalized spacial score (nSPS) is 11.8. The lowest BCUT2D eigenvalue weighted by Gasteiger charge is -2.24. The van der Waals surface area contributed by atoms with E-state index in [2.05, 4.69) is 0 Å². The number of halogens is 5. The molecule has 0 bridgehead atoms. The molecule has 0 saturated carbocycles. The Bertz CT molecular complexity index is 502. The average Bonchev–Trinajstić information content (AvgIpc) is 2.57. The summed E-state index contributed by atoms with van der Waals surface area (Å²) in [5.41, 5.74) is 0. The van der Waals surface area contributed by atoms with E-state index in [1.807, 2.05) is 0 Å². The number of hydrogen-bond donors (Lipinski definition) is 0. The lowest BCUT2D eigenvalue weighted by atomic mass is 10.2. The van der Waals surface area contributed by atoms with Crippen LogP contribution in [0.15, 0.2) is 0 Å². The molecule has 0 heterocycles. The van der Waals surface area contributed by atoms with E-state index in [9.17, 15) is 22.0 Å². The van der Waals surface area contributed by atoms with Gasteiger partial charge in [0.1, 0.15) is 0 Å². The van der Waals surface area contributed by atoms with E-state index < -0.39 is 43.6 Å². The Morgan fingerprint density at radius 1 is 0.696 bits per heavy atom. The number of rotatable bonds is 9. The molecule has 10 heteroatoms. The summed E-state index contributed by atoms with van der Waals surface area (Å²) < 4.78 is 85.8. The molecule has 0 unspecified atom stereocenters. The van der Waals surface area contributed by atoms with Crippen LogP contribution >= 0.6 is 0 Å². The molecule has 0 N–H and O–H groups in total. The van der Waals surface area contributed by atoms with E-state index in [-0.39, 0.29) is 13.0 Å². The zero-order valence-electron chi connectivity index (χ0n) is 12.9. The van der Waals surface area contributed by atoms with Gasteiger partial charge < -0.3 is 18.0 Å². The minimum absolute atomic E-state index is 0.236. The molecular formula is C13H17F5O4Si. The molecule has 1 rings (SSSR count). The van der Waals surface area contributed by atoms with Gasteiger partial charge in [-0.1, -0.05) is 0 Å². The van der Waals surface area contributed by atoms with Crippen molar-refractivity contribution in [3.8, 4) is 5.75 Å². The van der Waals surface area contributed by atoms with Crippen molar-refractivity contribution in [2.75, 3.05) is 27.9 Å². The van der Waals surface area contributed by atoms with Crippen LogP contribution in [0.1, 0.15) is 12.8 Å². The molecule has 0 saturated heterocycles. The van der Waals surface area contributed by atoms with E-state index in [0.717, 1.165) is 0 Å². The first-order valence-corrected chi connectivity index (χ1v) is 8.56. The predicted octanol–water partition coefficient (Wildman–Crippen LogP) is 3.42. The number of unbranched alkanes of at least 4 members (excludes halogenated alkanes) is 1. The third kappa shape index (κ3) is 4.40. The summed E-state index contributed by atoms with van der Waals surface area (Å²) >= 11 is 0. The zero-order chi connectivity index (χ0) is 17.6. The second kappa shape index (κ2) is 8.57. The maximum absolute atomic E-state index is 13.4. The minimum atomic E-state index is -2.77. The third-order valence-corrected chi connectivity index (χ3v) is 6.06. The lowest BCUT2D eigenvalue weighted by Crippen LogP contribution is -2.42. The Kier molecular flexibility index (Phi) is 7.38. The molecule has 0 atom stereocenters. The minimum Gasteiger partial charge on any atom is -0.487 e. The fourth-order valence-electron chi connectivity index (χ4n) is 1.89. The molecule has 23 heavy (non-hydrogen) atoms. The molecular weight excluding hydrogens is 343 g/mol. The van der Waals surface area contributed by atoms with Crippen LogP contribution in [0, 0.1) is 29.1 Å². The SMILES string of the molecule is CO[Si](CCCCOc1c(F)c(F)c(F)c(F)c1F)(OC)OC. The molecule has 4 nitrogen and oxygen atoms in total. The first-order valence-electron chi connectivity index (χ1n) is 6.63. The predicted molar refractivity (Wildman–Crippen MR) is 72.5 cm³/mol. The Morgan fingerprint density at radius 2 is 1.13 bits per heavy atom. The van der Waals surface area contributed by atoms with Crippen LogP contribution in [-0.4, -0.2) is 36.7 Å². The van der Waals surface area contributed by atoms with Gasteiger partial charge in [0.25, 0.3) is 0 Å². The molecule has 132 valence electrons. The quantitative estimate of drug-likeness (QED) is 0.222. The van der Waals surface area contributed by atoms with Crippen LogP contribution in [-0.2, 0) is 13.3 Å². The van der Waals surface area contributed by atoms with Gasteiger partial charge in [0, 0.05) is 27.4 Å². The number of ether oxygens (including phenoxy) is 1. The summed E-state index contributed by atoms with van der Waals surface area (Å²) in [4.78, 5) is 0. The van der Waals surface area contributed by atoms with E-state index in [1.54, 1.807) is 0 Å². The highest BCUT2D eigenvalue weighted by Gasteiger charge is 2.36. The first-order chi connectivity index (χ1) is 10.8. The van der Waals surface area contributed by atoms with Gasteiger partial charge in [0.05, 0.1) is 6.61 Å². The summed E-state index contributed by atoms with van der Waals surface area (Å²) in [6, 6.07) is 0.414. The fourth-order valence-corrected chi connectivity index (χ4v) is 3.68. The third-order valence-electron chi connectivity index (χ3n) is 3.23. The van der Waals surface area contributed by atoms with Gasteiger partial charge in [0.15, 0.2) is 5.75 Å². The molecule has 0 aliphatic carbocycles. The Labute approximate surface area is 131 Å². The largest absolute Gasteiger partial charge is 0.500 e. The fraction of sp³-hybridized carbons (Fsp3) is 0.538. The van der Waals surface area contributed by atoms with Gasteiger partial charge in [-0.05, 0) is 12.8 Å². The van der Waals surface area contributed by atoms with Crippen LogP contribution in [0.2, 0.25) is 6.04 Å². The Morgan fingerprint density at radius 3 is 1.57 bits per heavy atom. The summed E-state index contributed by atoms with van der Waals surface area (Å²) in [6.07, 6.45) is 0.738. The zero-order valence-corrected chi connectivity index (χ0v) is 13.9. The van der Waals surface area contributed by atoms with E-state index >= 15 is 0 Å². The molecule has 0 amide bonds. The monoisotopic (exact) mass is 360 g/mol. The molecule has 1 aromatic rings. The summed E-state index contributed by atoms with van der Waals surface area (Å²) in [5.74, 6) is -11.6. The Balaban J connectivity index is 2.61. The van der Waals surface area contributed by atoms with Crippen molar-refractivity contribution in [3.05, 3.63) is 29.1 Å². The molecule has 0 aliphatic rings. The smallest absolute Gasteiger partial charge is 0.487 e. The Hall–Kier alpha value is -1.23. The van der Waals surface area contributed by atoms with Crippen LogP contribution in [0.5, 0.6) is 5.75 Å². The van der Waals surface area contributed by atoms with Crippen LogP contribution in [0.3, 0.4) is 0 Å². The van der Waals surface area contributed by atoms with Crippen LogP contribution < -0.4 is 4.74 Å². The summed E-state index contributed by atoms with van der Waals surface area (Å²) in [5, 5.41) is 0. The van der Waals surface area contributed by atoms with Crippen LogP contribution in [0.4, 0.5) is 22.0 Å². The molecule has 0 fully saturated rings. The van der Waals surface area contributed by atoms with Crippen molar-refractivity contribution in [2.24, 2.45) is 0 Å². The topological polar surface area (TPSA) is 36.9 Å². The number of hydrogen-bond acceptors (Lipinski definition) is 4. The van der Waals surface area contributed by atoms with Gasteiger partial charge in [-0.15, -0.1) is 0 Å². The lowest BCUT2D eigenvalue weighted by molar-refractivity contribution is 0.122. The highest BCUT2D eigenvalue weighted by molar-refractivity contribution is 6.60. The van der Waals surface area contributed by atoms with Crippen LogP contribution in [0.25, 0.3) is 0 Å². The van der Waals surface area contributed by atoms with E-state index in [0.29, 0.717) is 12.5 Å². The molecule has 0 radical (unpaired) electrons. The van der Waals surface area contributed by atoms with Gasteiger partial charge in [0.2, 0.25) is 29.1 Å². The maximum Gasteiger partial charge on any atom is 0.500 e. The van der Waals surface area contributed by atoms with Crippen molar-refractivity contribution >= 4 is 8.80 Å². The molecule has 0 aromatic heterocycles. The molecule has 1 aromatic carbocycles. The standard InChI is InChI=1S/C13H17F5O4Si/c1-19-23(20-2,21-3)7-5-4-6-22-13-11(17)9(15)8(14)10(16)12(13)18/h4-7H2,1-3H3. The van der Waals surface area contributed by atoms with Gasteiger partial charge in [-0.3, -0.25) is 0 Å². The molecule has 0 aliphatic heterocycles. The van der Waals surface area contributed by atoms with Crippen molar-refractivity contribution < 1.29 is 40.0 Å². The molecule has 0 spiro atoms. The first kappa shape index (κ1) is 19.8. The van der Waals surface area contributed by atoms with Gasteiger partial charge in [-0.2, -0.15) is 8.78 Å². The van der Waals surface area contributed by atoms with Gasteiger partial charge >= 0.3 is 8.80 Å². The van der Waals surface area contributed by atoms with Gasteiger partial charge in [-0.25, -0.2) is 13.2 Å². The number of benzene rings is 1. The second-order valence-corrected chi connectivity index (χ2v) is 7.59. The second-order valence-electron chi connectivity index (χ2n) is 4.50. The van der Waals surface area contributed by atoms with Crippen molar-refractivity contribution in [1.29, 1.82) is 0 Å². The average molecular weight is 360 g/mol. The highest BCUT2D eigenvalue weighted by atomic mass is 28.4. The summed E-state index contributed by atoms with van der Waals surface area (Å²) in [6.45, 7) is -0.236.